The van der Waals surface area contributed by atoms with Crippen molar-refractivity contribution in [3.8, 4) is 0 Å². The van der Waals surface area contributed by atoms with Gasteiger partial charge in [-0.3, -0.25) is 0 Å². The fourth-order valence-electron chi connectivity index (χ4n) is 2.94. The molecule has 1 heterocycles. The lowest BCUT2D eigenvalue weighted by Gasteiger charge is -2.21. The Hall–Kier alpha value is -1.59. The molecular weight excluding hydrogens is 284 g/mol. The summed E-state index contributed by atoms with van der Waals surface area (Å²) < 4.78 is 27.5. The van der Waals surface area contributed by atoms with Crippen molar-refractivity contribution in [2.24, 2.45) is 0 Å². The molecule has 0 aliphatic carbocycles. The van der Waals surface area contributed by atoms with Gasteiger partial charge in [-0.25, -0.2) is 8.42 Å². The summed E-state index contributed by atoms with van der Waals surface area (Å²) in [5.41, 5.74) is 6.57. The summed E-state index contributed by atoms with van der Waals surface area (Å²) in [7, 11) is -3.45. The summed E-state index contributed by atoms with van der Waals surface area (Å²) in [6.07, 6.45) is 4.08. The second-order valence-corrected chi connectivity index (χ2v) is 7.42. The Bertz CT molecular complexity index is 748. The topological polar surface area (TPSA) is 63.4 Å². The van der Waals surface area contributed by atoms with Gasteiger partial charge >= 0.3 is 0 Å². The van der Waals surface area contributed by atoms with Gasteiger partial charge in [-0.2, -0.15) is 4.31 Å². The van der Waals surface area contributed by atoms with Crippen LogP contribution in [-0.2, 0) is 10.0 Å². The minimum Gasteiger partial charge on any atom is -0.398 e. The van der Waals surface area contributed by atoms with Crippen molar-refractivity contribution in [2.45, 2.75) is 30.6 Å². The number of rotatable bonds is 2. The Morgan fingerprint density at radius 3 is 2.14 bits per heavy atom. The van der Waals surface area contributed by atoms with Crippen LogP contribution < -0.4 is 5.73 Å². The average molecular weight is 304 g/mol. The maximum absolute atomic E-state index is 13.0. The highest BCUT2D eigenvalue weighted by molar-refractivity contribution is 7.89. The number of nitrogen functional groups attached to an aromatic ring is 1. The summed E-state index contributed by atoms with van der Waals surface area (Å²) in [6.45, 7) is 1.22. The van der Waals surface area contributed by atoms with Crippen molar-refractivity contribution < 1.29 is 8.42 Å². The van der Waals surface area contributed by atoms with Crippen LogP contribution in [0.25, 0.3) is 10.8 Å². The van der Waals surface area contributed by atoms with E-state index in [1.165, 1.54) is 0 Å². The van der Waals surface area contributed by atoms with Gasteiger partial charge in [0.1, 0.15) is 0 Å². The quantitative estimate of drug-likeness (QED) is 0.868. The van der Waals surface area contributed by atoms with Gasteiger partial charge in [-0.05, 0) is 25.0 Å². The Morgan fingerprint density at radius 1 is 0.857 bits per heavy atom. The molecule has 1 aliphatic rings. The van der Waals surface area contributed by atoms with E-state index in [9.17, 15) is 8.42 Å². The van der Waals surface area contributed by atoms with E-state index in [0.29, 0.717) is 29.1 Å². The molecule has 0 saturated carbocycles. The standard InChI is InChI=1S/C16H20N2O2S/c17-15-9-10-16(14-8-4-3-7-13(14)15)21(19,20)18-11-5-1-2-6-12-18/h3-4,7-10H,1-2,5-6,11-12,17H2. The molecule has 0 spiro atoms. The highest BCUT2D eigenvalue weighted by Gasteiger charge is 2.26. The molecule has 0 atom stereocenters. The molecule has 5 heteroatoms. The molecule has 112 valence electrons. The Morgan fingerprint density at radius 2 is 1.48 bits per heavy atom. The zero-order valence-electron chi connectivity index (χ0n) is 12.0. The van der Waals surface area contributed by atoms with E-state index in [-0.39, 0.29) is 0 Å². The fraction of sp³-hybridized carbons (Fsp3) is 0.375. The summed E-state index contributed by atoms with van der Waals surface area (Å²) in [4.78, 5) is 0.370. The second kappa shape index (κ2) is 5.66. The van der Waals surface area contributed by atoms with E-state index in [2.05, 4.69) is 0 Å². The van der Waals surface area contributed by atoms with Crippen LogP contribution in [0.15, 0.2) is 41.3 Å². The van der Waals surface area contributed by atoms with Gasteiger partial charge in [0.2, 0.25) is 10.0 Å². The van der Waals surface area contributed by atoms with Crippen LogP contribution in [0, 0.1) is 0 Å². The molecule has 0 unspecified atom stereocenters. The number of hydrogen-bond acceptors (Lipinski definition) is 3. The zero-order chi connectivity index (χ0) is 14.9. The lowest BCUT2D eigenvalue weighted by atomic mass is 10.1. The van der Waals surface area contributed by atoms with E-state index in [4.69, 9.17) is 5.73 Å². The zero-order valence-corrected chi connectivity index (χ0v) is 12.8. The second-order valence-electron chi connectivity index (χ2n) is 5.52. The van der Waals surface area contributed by atoms with Crippen molar-refractivity contribution >= 4 is 26.5 Å². The third-order valence-corrected chi connectivity index (χ3v) is 6.06. The number of nitrogens with zero attached hydrogens (tertiary/aromatic N) is 1. The van der Waals surface area contributed by atoms with Crippen molar-refractivity contribution in [1.29, 1.82) is 0 Å². The average Bonchev–Trinajstić information content (AvgIpc) is 2.77. The molecule has 2 N–H and O–H groups in total. The van der Waals surface area contributed by atoms with Crippen molar-refractivity contribution in [1.82, 2.24) is 4.31 Å². The van der Waals surface area contributed by atoms with E-state index in [0.717, 1.165) is 31.1 Å². The molecule has 3 rings (SSSR count). The molecule has 1 aliphatic heterocycles. The molecule has 1 fully saturated rings. The first-order valence-corrected chi connectivity index (χ1v) is 8.82. The van der Waals surface area contributed by atoms with Crippen LogP contribution in [0.1, 0.15) is 25.7 Å². The molecule has 0 aromatic heterocycles. The Kier molecular flexibility index (Phi) is 3.87. The van der Waals surface area contributed by atoms with Gasteiger partial charge in [-0.1, -0.05) is 37.1 Å². The maximum Gasteiger partial charge on any atom is 0.243 e. The molecule has 2 aromatic carbocycles. The summed E-state index contributed by atoms with van der Waals surface area (Å²) in [5, 5.41) is 1.51. The molecule has 0 amide bonds. The predicted molar refractivity (Wildman–Crippen MR) is 85.6 cm³/mol. The van der Waals surface area contributed by atoms with Crippen LogP contribution in [-0.4, -0.2) is 25.8 Å². The third kappa shape index (κ3) is 2.63. The number of fused-ring (bicyclic) bond motifs is 1. The van der Waals surface area contributed by atoms with E-state index < -0.39 is 10.0 Å². The van der Waals surface area contributed by atoms with Crippen LogP contribution in [0.3, 0.4) is 0 Å². The predicted octanol–water partition coefficient (Wildman–Crippen LogP) is 2.99. The minimum absolute atomic E-state index is 0.370. The first-order chi connectivity index (χ1) is 10.1. The molecule has 0 bridgehead atoms. The van der Waals surface area contributed by atoms with Crippen LogP contribution >= 0.6 is 0 Å². The van der Waals surface area contributed by atoms with E-state index in [1.807, 2.05) is 24.3 Å². The Balaban J connectivity index is 2.12. The first kappa shape index (κ1) is 14.4. The van der Waals surface area contributed by atoms with Gasteiger partial charge in [-0.15, -0.1) is 0 Å². The normalized spacial score (nSPS) is 17.7. The van der Waals surface area contributed by atoms with Crippen molar-refractivity contribution in [2.75, 3.05) is 18.8 Å². The molecule has 4 nitrogen and oxygen atoms in total. The fourth-order valence-corrected chi connectivity index (χ4v) is 4.65. The first-order valence-electron chi connectivity index (χ1n) is 7.38. The van der Waals surface area contributed by atoms with Gasteiger partial charge in [0.25, 0.3) is 0 Å². The van der Waals surface area contributed by atoms with Gasteiger partial charge in [0, 0.05) is 29.5 Å². The summed E-state index contributed by atoms with van der Waals surface area (Å²) in [6, 6.07) is 10.7. The lowest BCUT2D eigenvalue weighted by Crippen LogP contribution is -2.32. The molecule has 21 heavy (non-hydrogen) atoms. The summed E-state index contributed by atoms with van der Waals surface area (Å²) >= 11 is 0. The van der Waals surface area contributed by atoms with Crippen molar-refractivity contribution in [3.63, 3.8) is 0 Å². The lowest BCUT2D eigenvalue weighted by molar-refractivity contribution is 0.424. The molecule has 0 radical (unpaired) electrons. The van der Waals surface area contributed by atoms with Gasteiger partial charge in [0.05, 0.1) is 4.90 Å². The van der Waals surface area contributed by atoms with Gasteiger partial charge in [0.15, 0.2) is 0 Å². The molecule has 1 saturated heterocycles. The smallest absolute Gasteiger partial charge is 0.243 e. The van der Waals surface area contributed by atoms with Crippen LogP contribution in [0.4, 0.5) is 5.69 Å². The largest absolute Gasteiger partial charge is 0.398 e. The number of benzene rings is 2. The minimum atomic E-state index is -3.45. The summed E-state index contributed by atoms with van der Waals surface area (Å²) in [5.74, 6) is 0. The van der Waals surface area contributed by atoms with Crippen molar-refractivity contribution in [3.05, 3.63) is 36.4 Å². The SMILES string of the molecule is Nc1ccc(S(=O)(=O)N2CCCCCC2)c2ccccc12. The Labute approximate surface area is 125 Å². The van der Waals surface area contributed by atoms with Crippen LogP contribution in [0.5, 0.6) is 0 Å². The monoisotopic (exact) mass is 304 g/mol. The highest BCUT2D eigenvalue weighted by atomic mass is 32.2. The molecular formula is C16H20N2O2S. The highest BCUT2D eigenvalue weighted by Crippen LogP contribution is 2.30. The van der Waals surface area contributed by atoms with E-state index >= 15 is 0 Å². The maximum atomic E-state index is 13.0. The number of anilines is 1. The molecule has 2 aromatic rings. The number of hydrogen-bond donors (Lipinski definition) is 1. The third-order valence-electron chi connectivity index (χ3n) is 4.10. The van der Waals surface area contributed by atoms with Crippen LogP contribution in [0.2, 0.25) is 0 Å². The van der Waals surface area contributed by atoms with E-state index in [1.54, 1.807) is 16.4 Å². The number of nitrogens with two attached hydrogens (primary N) is 1. The van der Waals surface area contributed by atoms with Gasteiger partial charge < -0.3 is 5.73 Å². The number of sulfonamides is 1.